The molecule has 2 N–H and O–H groups in total. The molecule has 0 aliphatic carbocycles. The van der Waals surface area contributed by atoms with Crippen LogP contribution in [-0.2, 0) is 6.42 Å². The number of thiazole rings is 1. The van der Waals surface area contributed by atoms with Gasteiger partial charge < -0.3 is 5.32 Å². The molecule has 4 nitrogen and oxygen atoms in total. The van der Waals surface area contributed by atoms with Crippen molar-refractivity contribution in [1.29, 1.82) is 0 Å². The average molecular weight is 323 g/mol. The Hall–Kier alpha value is -2.66. The molecule has 0 atom stereocenters. The fraction of sp³-hybridized carbons (Fsp3) is 0.111. The average Bonchev–Trinajstić information content (AvgIpc) is 2.99. The van der Waals surface area contributed by atoms with Crippen LogP contribution in [0, 0.1) is 0 Å². The topological polar surface area (TPSA) is 54.0 Å². The van der Waals surface area contributed by atoms with Gasteiger partial charge in [-0.2, -0.15) is 0 Å². The number of aryl methyl sites for hydroxylation is 1. The number of para-hydroxylation sites is 1. The van der Waals surface area contributed by atoms with Crippen LogP contribution in [-0.4, -0.2) is 11.0 Å². The number of benzene rings is 2. The lowest BCUT2D eigenvalue weighted by atomic mass is 10.2. The summed E-state index contributed by atoms with van der Waals surface area (Å²) in [6.07, 6.45) is 0.840. The summed E-state index contributed by atoms with van der Waals surface area (Å²) >= 11 is 1.51. The molecule has 0 fully saturated rings. The molecule has 1 heterocycles. The number of nitrogens with one attached hydrogen (secondary N) is 2. The highest BCUT2D eigenvalue weighted by atomic mass is 32.1. The van der Waals surface area contributed by atoms with Crippen LogP contribution in [0.2, 0.25) is 0 Å². The van der Waals surface area contributed by atoms with E-state index in [4.69, 9.17) is 0 Å². The molecule has 0 saturated heterocycles. The highest BCUT2D eigenvalue weighted by Gasteiger charge is 2.14. The largest absolute Gasteiger partial charge is 0.324 e. The Morgan fingerprint density at radius 1 is 1.00 bits per heavy atom. The summed E-state index contributed by atoms with van der Waals surface area (Å²) in [7, 11) is 0. The predicted molar refractivity (Wildman–Crippen MR) is 96.0 cm³/mol. The van der Waals surface area contributed by atoms with E-state index in [2.05, 4.69) is 22.5 Å². The van der Waals surface area contributed by atoms with E-state index < -0.39 is 0 Å². The maximum atomic E-state index is 12.2. The van der Waals surface area contributed by atoms with E-state index in [0.29, 0.717) is 0 Å². The number of urea groups is 1. The van der Waals surface area contributed by atoms with E-state index in [1.54, 1.807) is 0 Å². The van der Waals surface area contributed by atoms with E-state index in [-0.39, 0.29) is 6.03 Å². The van der Waals surface area contributed by atoms with Crippen LogP contribution in [0.4, 0.5) is 15.5 Å². The molecule has 0 aliphatic rings. The quantitative estimate of drug-likeness (QED) is 0.708. The summed E-state index contributed by atoms with van der Waals surface area (Å²) in [4.78, 5) is 16.9. The Morgan fingerprint density at radius 2 is 1.65 bits per heavy atom. The zero-order chi connectivity index (χ0) is 16.1. The summed E-state index contributed by atoms with van der Waals surface area (Å²) in [6.45, 7) is 2.06. The number of hydrogen-bond donors (Lipinski definition) is 2. The molecular formula is C18H17N3OS. The van der Waals surface area contributed by atoms with E-state index in [9.17, 15) is 4.79 Å². The van der Waals surface area contributed by atoms with E-state index >= 15 is 0 Å². The number of nitrogens with zero attached hydrogens (tertiary/aromatic N) is 1. The molecule has 5 heteroatoms. The van der Waals surface area contributed by atoms with Gasteiger partial charge in [-0.05, 0) is 18.6 Å². The summed E-state index contributed by atoms with van der Waals surface area (Å²) in [5.74, 6) is 0. The van der Waals surface area contributed by atoms with Crippen molar-refractivity contribution in [2.75, 3.05) is 10.6 Å². The normalized spacial score (nSPS) is 10.3. The van der Waals surface area contributed by atoms with E-state index in [1.807, 2.05) is 60.7 Å². The fourth-order valence-electron chi connectivity index (χ4n) is 2.18. The third-order valence-electron chi connectivity index (χ3n) is 3.28. The molecule has 116 valence electrons. The summed E-state index contributed by atoms with van der Waals surface area (Å²) in [5, 5.41) is 7.51. The predicted octanol–water partition coefficient (Wildman–Crippen LogP) is 5.02. The fourth-order valence-corrected chi connectivity index (χ4v) is 3.10. The van der Waals surface area contributed by atoms with Crippen LogP contribution in [0.15, 0.2) is 60.7 Å². The molecule has 0 saturated carbocycles. The van der Waals surface area contributed by atoms with Gasteiger partial charge in [0.25, 0.3) is 0 Å². The van der Waals surface area contributed by atoms with Crippen LogP contribution in [0.25, 0.3) is 11.3 Å². The molecule has 3 rings (SSSR count). The molecule has 0 unspecified atom stereocenters. The molecule has 1 aromatic heterocycles. The Labute approximate surface area is 139 Å². The van der Waals surface area contributed by atoms with Crippen molar-refractivity contribution < 1.29 is 4.79 Å². The smallest absolute Gasteiger partial charge is 0.308 e. The van der Waals surface area contributed by atoms with E-state index in [0.717, 1.165) is 33.4 Å². The van der Waals surface area contributed by atoms with Crippen molar-refractivity contribution in [2.24, 2.45) is 0 Å². The maximum Gasteiger partial charge on any atom is 0.324 e. The van der Waals surface area contributed by atoms with Gasteiger partial charge in [0.15, 0.2) is 0 Å². The lowest BCUT2D eigenvalue weighted by molar-refractivity contribution is 0.262. The van der Waals surface area contributed by atoms with Crippen LogP contribution in [0.3, 0.4) is 0 Å². The number of hydrogen-bond acceptors (Lipinski definition) is 3. The first-order chi connectivity index (χ1) is 11.3. The third-order valence-corrected chi connectivity index (χ3v) is 4.39. The molecule has 0 bridgehead atoms. The molecular weight excluding hydrogens is 306 g/mol. The van der Waals surface area contributed by atoms with Gasteiger partial charge in [0.1, 0.15) is 10.7 Å². The highest BCUT2D eigenvalue weighted by molar-refractivity contribution is 7.16. The van der Waals surface area contributed by atoms with E-state index in [1.165, 1.54) is 11.3 Å². The monoisotopic (exact) mass is 323 g/mol. The number of anilines is 2. The molecule has 2 amide bonds. The van der Waals surface area contributed by atoms with Crippen molar-refractivity contribution in [3.63, 3.8) is 0 Å². The van der Waals surface area contributed by atoms with Gasteiger partial charge >= 0.3 is 6.03 Å². The van der Waals surface area contributed by atoms with Crippen molar-refractivity contribution >= 4 is 28.1 Å². The zero-order valence-electron chi connectivity index (χ0n) is 12.7. The molecule has 23 heavy (non-hydrogen) atoms. The Balaban J connectivity index is 1.82. The van der Waals surface area contributed by atoms with Gasteiger partial charge in [0.05, 0.1) is 5.01 Å². The first kappa shape index (κ1) is 15.2. The zero-order valence-corrected chi connectivity index (χ0v) is 13.6. The second kappa shape index (κ2) is 7.07. The molecule has 0 aliphatic heterocycles. The van der Waals surface area contributed by atoms with Gasteiger partial charge in [-0.1, -0.05) is 55.5 Å². The molecule has 0 radical (unpaired) electrons. The minimum absolute atomic E-state index is 0.264. The number of carbonyl (C=O) groups excluding carboxylic acids is 1. The van der Waals surface area contributed by atoms with Crippen molar-refractivity contribution in [3.8, 4) is 11.3 Å². The first-order valence-electron chi connectivity index (χ1n) is 7.44. The third kappa shape index (κ3) is 3.76. The lowest BCUT2D eigenvalue weighted by Crippen LogP contribution is -2.19. The number of carbonyl (C=O) groups is 1. The van der Waals surface area contributed by atoms with Gasteiger partial charge in [0.2, 0.25) is 0 Å². The second-order valence-corrected chi connectivity index (χ2v) is 6.03. The van der Waals surface area contributed by atoms with Crippen LogP contribution in [0.5, 0.6) is 0 Å². The summed E-state index contributed by atoms with van der Waals surface area (Å²) in [5.41, 5.74) is 2.57. The molecule has 2 aromatic carbocycles. The van der Waals surface area contributed by atoms with Crippen molar-refractivity contribution in [2.45, 2.75) is 13.3 Å². The van der Waals surface area contributed by atoms with Gasteiger partial charge in [-0.15, -0.1) is 11.3 Å². The lowest BCUT2D eigenvalue weighted by Gasteiger charge is -2.07. The molecule has 3 aromatic rings. The summed E-state index contributed by atoms with van der Waals surface area (Å²) in [6, 6.07) is 19.0. The minimum atomic E-state index is -0.264. The van der Waals surface area contributed by atoms with Gasteiger partial charge in [-0.3, -0.25) is 5.32 Å². The second-order valence-electron chi connectivity index (χ2n) is 4.95. The summed E-state index contributed by atoms with van der Waals surface area (Å²) < 4.78 is 0. The number of amides is 2. The SMILES string of the molecule is CCc1nc(-c2ccccc2)c(NC(=O)Nc2ccccc2)s1. The van der Waals surface area contributed by atoms with Crippen LogP contribution < -0.4 is 10.6 Å². The maximum absolute atomic E-state index is 12.2. The molecule has 0 spiro atoms. The minimum Gasteiger partial charge on any atom is -0.308 e. The Kier molecular flexibility index (Phi) is 4.68. The van der Waals surface area contributed by atoms with Crippen LogP contribution >= 0.6 is 11.3 Å². The van der Waals surface area contributed by atoms with Crippen LogP contribution in [0.1, 0.15) is 11.9 Å². The Bertz CT molecular complexity index is 785. The van der Waals surface area contributed by atoms with Gasteiger partial charge in [0, 0.05) is 11.3 Å². The standard InChI is InChI=1S/C18H17N3OS/c1-2-15-20-16(13-9-5-3-6-10-13)17(23-15)21-18(22)19-14-11-7-4-8-12-14/h3-12H,2H2,1H3,(H2,19,21,22). The van der Waals surface area contributed by atoms with Crippen molar-refractivity contribution in [1.82, 2.24) is 4.98 Å². The Morgan fingerprint density at radius 3 is 2.30 bits per heavy atom. The number of rotatable bonds is 4. The first-order valence-corrected chi connectivity index (χ1v) is 8.26. The van der Waals surface area contributed by atoms with Gasteiger partial charge in [-0.25, -0.2) is 9.78 Å². The number of aromatic nitrogens is 1. The highest BCUT2D eigenvalue weighted by Crippen LogP contribution is 2.33. The van der Waals surface area contributed by atoms with Crippen molar-refractivity contribution in [3.05, 3.63) is 65.7 Å².